The molecule has 1 N–H and O–H groups in total. The average Bonchev–Trinajstić information content (AvgIpc) is 2.28. The molecule has 17 heavy (non-hydrogen) atoms. The SMILES string of the molecule is COCC(=O)CSc1ccc(NC(C)=O)cc1. The molecule has 0 aliphatic rings. The predicted octanol–water partition coefficient (Wildman–Crippen LogP) is 1.95. The van der Waals surface area contributed by atoms with Crippen molar-refractivity contribution in [2.75, 3.05) is 24.8 Å². The Hall–Kier alpha value is -1.33. The summed E-state index contributed by atoms with van der Waals surface area (Å²) in [5, 5.41) is 2.68. The molecule has 0 saturated heterocycles. The first-order valence-corrected chi connectivity index (χ1v) is 6.11. The molecule has 4 nitrogen and oxygen atoms in total. The van der Waals surface area contributed by atoms with Gasteiger partial charge < -0.3 is 10.1 Å². The van der Waals surface area contributed by atoms with Gasteiger partial charge >= 0.3 is 0 Å². The molecule has 1 aromatic carbocycles. The smallest absolute Gasteiger partial charge is 0.221 e. The third-order valence-corrected chi connectivity index (χ3v) is 2.95. The van der Waals surface area contributed by atoms with Crippen molar-refractivity contribution in [2.24, 2.45) is 0 Å². The molecule has 1 rings (SSSR count). The predicted molar refractivity (Wildman–Crippen MR) is 68.4 cm³/mol. The molecule has 0 saturated carbocycles. The second kappa shape index (κ2) is 7.09. The summed E-state index contributed by atoms with van der Waals surface area (Å²) in [7, 11) is 1.50. The molecule has 0 heterocycles. The van der Waals surface area contributed by atoms with Crippen LogP contribution < -0.4 is 5.32 Å². The Morgan fingerprint density at radius 1 is 1.29 bits per heavy atom. The number of Topliss-reactive ketones (excluding diaryl/α,β-unsaturated/α-hetero) is 1. The summed E-state index contributed by atoms with van der Waals surface area (Å²) in [5.74, 6) is 0.358. The lowest BCUT2D eigenvalue weighted by atomic mass is 10.3. The fourth-order valence-electron chi connectivity index (χ4n) is 1.20. The van der Waals surface area contributed by atoms with Crippen LogP contribution in [0.1, 0.15) is 6.92 Å². The zero-order valence-electron chi connectivity index (χ0n) is 9.86. The number of hydrogen-bond acceptors (Lipinski definition) is 4. The molecule has 0 bridgehead atoms. The topological polar surface area (TPSA) is 55.4 Å². The summed E-state index contributed by atoms with van der Waals surface area (Å²) in [6, 6.07) is 7.36. The number of hydrogen-bond donors (Lipinski definition) is 1. The van der Waals surface area contributed by atoms with Crippen molar-refractivity contribution in [3.05, 3.63) is 24.3 Å². The van der Waals surface area contributed by atoms with Gasteiger partial charge in [0, 0.05) is 24.6 Å². The fourth-order valence-corrected chi connectivity index (χ4v) is 1.94. The summed E-state index contributed by atoms with van der Waals surface area (Å²) in [6.07, 6.45) is 0. The molecule has 0 aromatic heterocycles. The Morgan fingerprint density at radius 2 is 1.94 bits per heavy atom. The van der Waals surface area contributed by atoms with Crippen LogP contribution in [0.25, 0.3) is 0 Å². The molecule has 0 atom stereocenters. The number of methoxy groups -OCH3 is 1. The summed E-state index contributed by atoms with van der Waals surface area (Å²) < 4.78 is 4.74. The van der Waals surface area contributed by atoms with Gasteiger partial charge in [-0.05, 0) is 24.3 Å². The summed E-state index contributed by atoms with van der Waals surface area (Å²) >= 11 is 1.45. The Morgan fingerprint density at radius 3 is 2.47 bits per heavy atom. The summed E-state index contributed by atoms with van der Waals surface area (Å²) in [5.41, 5.74) is 0.755. The van der Waals surface area contributed by atoms with E-state index in [0.29, 0.717) is 5.75 Å². The summed E-state index contributed by atoms with van der Waals surface area (Å²) in [6.45, 7) is 1.61. The van der Waals surface area contributed by atoms with E-state index in [1.807, 2.05) is 24.3 Å². The highest BCUT2D eigenvalue weighted by Gasteiger charge is 2.02. The van der Waals surface area contributed by atoms with Crippen LogP contribution in [-0.2, 0) is 14.3 Å². The van der Waals surface area contributed by atoms with Gasteiger partial charge in [-0.15, -0.1) is 11.8 Å². The van der Waals surface area contributed by atoms with Crippen LogP contribution >= 0.6 is 11.8 Å². The average molecular weight is 253 g/mol. The first-order valence-electron chi connectivity index (χ1n) is 5.13. The van der Waals surface area contributed by atoms with Gasteiger partial charge in [0.1, 0.15) is 6.61 Å². The lowest BCUT2D eigenvalue weighted by Gasteiger charge is -2.04. The van der Waals surface area contributed by atoms with E-state index in [4.69, 9.17) is 4.74 Å². The van der Waals surface area contributed by atoms with Crippen molar-refractivity contribution in [3.63, 3.8) is 0 Å². The van der Waals surface area contributed by atoms with Crippen LogP contribution in [0.15, 0.2) is 29.2 Å². The van der Waals surface area contributed by atoms with Gasteiger partial charge in [-0.2, -0.15) is 0 Å². The van der Waals surface area contributed by atoms with Crippen molar-refractivity contribution in [2.45, 2.75) is 11.8 Å². The number of ketones is 1. The maximum atomic E-state index is 11.2. The third-order valence-electron chi connectivity index (χ3n) is 1.88. The van der Waals surface area contributed by atoms with Gasteiger partial charge in [0.2, 0.25) is 5.91 Å². The first-order chi connectivity index (χ1) is 8.11. The zero-order chi connectivity index (χ0) is 12.7. The fraction of sp³-hybridized carbons (Fsp3) is 0.333. The minimum atomic E-state index is -0.0966. The van der Waals surface area contributed by atoms with E-state index in [0.717, 1.165) is 10.6 Å². The number of carbonyl (C=O) groups excluding carboxylic acids is 2. The van der Waals surface area contributed by atoms with E-state index in [9.17, 15) is 9.59 Å². The molecule has 0 fully saturated rings. The minimum absolute atomic E-state index is 0.0587. The molecule has 0 unspecified atom stereocenters. The standard InChI is InChI=1S/C12H15NO3S/c1-9(14)13-10-3-5-12(6-4-10)17-8-11(15)7-16-2/h3-6H,7-8H2,1-2H3,(H,13,14). The number of rotatable bonds is 6. The highest BCUT2D eigenvalue weighted by Crippen LogP contribution is 2.20. The Labute approximate surface area is 105 Å². The third kappa shape index (κ3) is 5.51. The Balaban J connectivity index is 2.45. The van der Waals surface area contributed by atoms with E-state index >= 15 is 0 Å². The van der Waals surface area contributed by atoms with E-state index < -0.39 is 0 Å². The number of anilines is 1. The van der Waals surface area contributed by atoms with E-state index in [-0.39, 0.29) is 18.3 Å². The molecule has 1 amide bonds. The molecular weight excluding hydrogens is 238 g/mol. The quantitative estimate of drug-likeness (QED) is 0.787. The van der Waals surface area contributed by atoms with E-state index in [2.05, 4.69) is 5.32 Å². The highest BCUT2D eigenvalue weighted by molar-refractivity contribution is 8.00. The van der Waals surface area contributed by atoms with Crippen LogP contribution in [0.5, 0.6) is 0 Å². The van der Waals surface area contributed by atoms with Crippen LogP contribution in [0.2, 0.25) is 0 Å². The van der Waals surface area contributed by atoms with Crippen molar-refractivity contribution >= 4 is 29.1 Å². The number of carbonyl (C=O) groups is 2. The zero-order valence-corrected chi connectivity index (χ0v) is 10.7. The van der Waals surface area contributed by atoms with E-state index in [1.54, 1.807) is 0 Å². The number of nitrogens with one attached hydrogen (secondary N) is 1. The number of amides is 1. The highest BCUT2D eigenvalue weighted by atomic mass is 32.2. The monoisotopic (exact) mass is 253 g/mol. The van der Waals surface area contributed by atoms with Crippen LogP contribution in [-0.4, -0.2) is 31.2 Å². The maximum absolute atomic E-state index is 11.2. The van der Waals surface area contributed by atoms with Crippen molar-refractivity contribution in [3.8, 4) is 0 Å². The lowest BCUT2D eigenvalue weighted by Crippen LogP contribution is -2.08. The molecule has 5 heteroatoms. The number of ether oxygens (including phenoxy) is 1. The number of thioether (sulfide) groups is 1. The van der Waals surface area contributed by atoms with Gasteiger partial charge in [0.15, 0.2) is 5.78 Å². The van der Waals surface area contributed by atoms with E-state index in [1.165, 1.54) is 25.8 Å². The van der Waals surface area contributed by atoms with Gasteiger partial charge in [-0.25, -0.2) is 0 Å². The molecular formula is C12H15NO3S. The van der Waals surface area contributed by atoms with Crippen LogP contribution in [0.3, 0.4) is 0 Å². The number of benzene rings is 1. The van der Waals surface area contributed by atoms with Gasteiger partial charge in [-0.3, -0.25) is 9.59 Å². The summed E-state index contributed by atoms with van der Waals surface area (Å²) in [4.78, 5) is 23.0. The molecule has 92 valence electrons. The normalized spacial score (nSPS) is 10.0. The second-order valence-electron chi connectivity index (χ2n) is 3.47. The van der Waals surface area contributed by atoms with Gasteiger partial charge in [-0.1, -0.05) is 0 Å². The maximum Gasteiger partial charge on any atom is 0.221 e. The van der Waals surface area contributed by atoms with Crippen molar-refractivity contribution < 1.29 is 14.3 Å². The Kier molecular flexibility index (Phi) is 5.72. The van der Waals surface area contributed by atoms with Gasteiger partial charge in [0.05, 0.1) is 5.75 Å². The molecule has 1 aromatic rings. The Bertz CT molecular complexity index is 389. The van der Waals surface area contributed by atoms with Crippen LogP contribution in [0, 0.1) is 0 Å². The first kappa shape index (κ1) is 13.7. The van der Waals surface area contributed by atoms with Crippen LogP contribution in [0.4, 0.5) is 5.69 Å². The second-order valence-corrected chi connectivity index (χ2v) is 4.51. The van der Waals surface area contributed by atoms with Gasteiger partial charge in [0.25, 0.3) is 0 Å². The molecule has 0 radical (unpaired) electrons. The molecule has 0 spiro atoms. The van der Waals surface area contributed by atoms with Crippen molar-refractivity contribution in [1.29, 1.82) is 0 Å². The molecule has 0 aliphatic carbocycles. The minimum Gasteiger partial charge on any atom is -0.377 e. The largest absolute Gasteiger partial charge is 0.377 e. The molecule has 0 aliphatic heterocycles. The van der Waals surface area contributed by atoms with Crippen molar-refractivity contribution in [1.82, 2.24) is 0 Å². The lowest BCUT2D eigenvalue weighted by molar-refractivity contribution is -0.120.